The third kappa shape index (κ3) is 2.72. The van der Waals surface area contributed by atoms with E-state index in [1.807, 2.05) is 18.2 Å². The molecular weight excluding hydrogens is 288 g/mol. The molecular formula is C20H22O3. The van der Waals surface area contributed by atoms with Gasteiger partial charge < -0.3 is 9.84 Å². The first-order valence-corrected chi connectivity index (χ1v) is 7.94. The molecule has 120 valence electrons. The van der Waals surface area contributed by atoms with Gasteiger partial charge in [-0.15, -0.1) is 6.58 Å². The van der Waals surface area contributed by atoms with Crippen molar-refractivity contribution in [3.8, 4) is 11.5 Å². The summed E-state index contributed by atoms with van der Waals surface area (Å²) in [6.07, 6.45) is 7.13. The molecule has 1 aromatic rings. The van der Waals surface area contributed by atoms with Crippen LogP contribution in [0.4, 0.5) is 0 Å². The second-order valence-electron chi connectivity index (χ2n) is 6.46. The number of ketones is 1. The van der Waals surface area contributed by atoms with Gasteiger partial charge in [-0.25, -0.2) is 0 Å². The second kappa shape index (κ2) is 6.07. The number of carbonyl (C=O) groups excluding carboxylic acids is 1. The Hall–Kier alpha value is -2.29. The molecule has 0 saturated heterocycles. The molecule has 1 saturated carbocycles. The van der Waals surface area contributed by atoms with Crippen LogP contribution in [-0.2, 0) is 11.2 Å². The molecule has 4 atom stereocenters. The quantitative estimate of drug-likeness (QED) is 0.863. The van der Waals surface area contributed by atoms with Crippen LogP contribution in [0.3, 0.4) is 0 Å². The van der Waals surface area contributed by atoms with Gasteiger partial charge in [0.15, 0.2) is 17.3 Å². The van der Waals surface area contributed by atoms with Gasteiger partial charge in [0.1, 0.15) is 0 Å². The average Bonchev–Trinajstić information content (AvgIpc) is 2.90. The van der Waals surface area contributed by atoms with E-state index in [0.29, 0.717) is 11.7 Å². The molecule has 2 aliphatic rings. The van der Waals surface area contributed by atoms with Crippen LogP contribution in [0.15, 0.2) is 55.2 Å². The largest absolute Gasteiger partial charge is 0.504 e. The number of phenols is 1. The Labute approximate surface area is 137 Å². The number of hydrogen-bond acceptors (Lipinski definition) is 3. The van der Waals surface area contributed by atoms with Crippen LogP contribution in [0.5, 0.6) is 11.5 Å². The number of hydrogen-bond donors (Lipinski definition) is 1. The van der Waals surface area contributed by atoms with Gasteiger partial charge in [0.2, 0.25) is 0 Å². The molecule has 1 N–H and O–H groups in total. The van der Waals surface area contributed by atoms with Gasteiger partial charge in [0.05, 0.1) is 7.11 Å². The Kier molecular flexibility index (Phi) is 4.12. The first kappa shape index (κ1) is 15.6. The van der Waals surface area contributed by atoms with Crippen molar-refractivity contribution >= 4 is 5.78 Å². The van der Waals surface area contributed by atoms with Crippen molar-refractivity contribution in [2.75, 3.05) is 7.11 Å². The van der Waals surface area contributed by atoms with E-state index >= 15 is 0 Å². The highest BCUT2D eigenvalue weighted by molar-refractivity contribution is 5.94. The lowest BCUT2D eigenvalue weighted by molar-refractivity contribution is -0.119. The van der Waals surface area contributed by atoms with Crippen LogP contribution in [0.25, 0.3) is 0 Å². The number of methoxy groups -OCH3 is 1. The monoisotopic (exact) mass is 310 g/mol. The van der Waals surface area contributed by atoms with E-state index in [2.05, 4.69) is 13.2 Å². The van der Waals surface area contributed by atoms with Crippen LogP contribution in [0, 0.1) is 23.7 Å². The fourth-order valence-electron chi connectivity index (χ4n) is 4.14. The number of aromatic hydroxyl groups is 1. The molecule has 0 radical (unpaired) electrons. The molecule has 3 heteroatoms. The molecule has 1 fully saturated rings. The lowest BCUT2D eigenvalue weighted by atomic mass is 9.77. The molecule has 0 heterocycles. The Morgan fingerprint density at radius 2 is 2.17 bits per heavy atom. The summed E-state index contributed by atoms with van der Waals surface area (Å²) < 4.78 is 5.09. The zero-order chi connectivity index (χ0) is 16.6. The van der Waals surface area contributed by atoms with E-state index < -0.39 is 0 Å². The number of rotatable bonds is 4. The van der Waals surface area contributed by atoms with Crippen molar-refractivity contribution in [1.82, 2.24) is 0 Å². The van der Waals surface area contributed by atoms with E-state index in [-0.39, 0.29) is 29.3 Å². The maximum Gasteiger partial charge on any atom is 0.160 e. The maximum atomic E-state index is 12.2. The van der Waals surface area contributed by atoms with Gasteiger partial charge in [-0.1, -0.05) is 30.4 Å². The number of allylic oxidation sites excluding steroid dienone is 4. The van der Waals surface area contributed by atoms with E-state index in [9.17, 15) is 9.90 Å². The molecule has 0 bridgehead atoms. The molecule has 23 heavy (non-hydrogen) atoms. The number of carbonyl (C=O) groups is 1. The summed E-state index contributed by atoms with van der Waals surface area (Å²) in [5.41, 5.74) is 2.07. The van der Waals surface area contributed by atoms with Crippen molar-refractivity contribution < 1.29 is 14.6 Å². The lowest BCUT2D eigenvalue weighted by Crippen LogP contribution is -2.25. The standard InChI is InChI=1S/C20H22O3/c1-4-15-14(9-13-6-8-19(23-3)18(22)10-13)11-16-17(21)7-5-12(2)20(15)16/h4-8,10,14-16,20,22H,1-2,9,11H2,3H3. The molecule has 0 amide bonds. The minimum Gasteiger partial charge on any atom is -0.504 e. The van der Waals surface area contributed by atoms with E-state index in [0.717, 1.165) is 24.0 Å². The molecule has 1 aromatic carbocycles. The first-order valence-electron chi connectivity index (χ1n) is 7.94. The zero-order valence-electron chi connectivity index (χ0n) is 13.4. The van der Waals surface area contributed by atoms with Crippen LogP contribution in [0.2, 0.25) is 0 Å². The second-order valence-corrected chi connectivity index (χ2v) is 6.46. The van der Waals surface area contributed by atoms with E-state index in [4.69, 9.17) is 4.74 Å². The topological polar surface area (TPSA) is 46.5 Å². The Morgan fingerprint density at radius 1 is 1.39 bits per heavy atom. The lowest BCUT2D eigenvalue weighted by Gasteiger charge is -2.26. The average molecular weight is 310 g/mol. The van der Waals surface area contributed by atoms with Gasteiger partial charge >= 0.3 is 0 Å². The molecule has 0 aromatic heterocycles. The molecule has 0 aliphatic heterocycles. The maximum absolute atomic E-state index is 12.2. The van der Waals surface area contributed by atoms with E-state index in [1.165, 1.54) is 7.11 Å². The summed E-state index contributed by atoms with van der Waals surface area (Å²) >= 11 is 0. The highest BCUT2D eigenvalue weighted by Crippen LogP contribution is 2.49. The minimum absolute atomic E-state index is 0.0207. The van der Waals surface area contributed by atoms with Crippen molar-refractivity contribution in [2.45, 2.75) is 12.8 Å². The number of benzene rings is 1. The predicted octanol–water partition coefficient (Wildman–Crippen LogP) is 3.69. The number of fused-ring (bicyclic) bond motifs is 1. The molecule has 0 spiro atoms. The smallest absolute Gasteiger partial charge is 0.160 e. The van der Waals surface area contributed by atoms with Crippen molar-refractivity contribution in [3.63, 3.8) is 0 Å². The van der Waals surface area contributed by atoms with Crippen LogP contribution in [-0.4, -0.2) is 18.0 Å². The Bertz CT molecular complexity index is 686. The fourth-order valence-corrected chi connectivity index (χ4v) is 4.14. The summed E-state index contributed by atoms with van der Waals surface area (Å²) in [6, 6.07) is 5.49. The summed E-state index contributed by atoms with van der Waals surface area (Å²) in [5, 5.41) is 9.96. The Balaban J connectivity index is 1.83. The first-order chi connectivity index (χ1) is 11.0. The summed E-state index contributed by atoms with van der Waals surface area (Å²) in [5.74, 6) is 1.59. The van der Waals surface area contributed by atoms with Crippen LogP contribution in [0.1, 0.15) is 12.0 Å². The zero-order valence-corrected chi connectivity index (χ0v) is 13.4. The van der Waals surface area contributed by atoms with Gasteiger partial charge in [-0.2, -0.15) is 0 Å². The third-order valence-corrected chi connectivity index (χ3v) is 5.22. The van der Waals surface area contributed by atoms with Gasteiger partial charge in [-0.3, -0.25) is 4.79 Å². The summed E-state index contributed by atoms with van der Waals surface area (Å²) in [4.78, 5) is 12.2. The third-order valence-electron chi connectivity index (χ3n) is 5.22. The number of phenolic OH excluding ortho intramolecular Hbond substituents is 1. The van der Waals surface area contributed by atoms with Gasteiger partial charge in [-0.05, 0) is 54.4 Å². The number of ether oxygens (including phenoxy) is 1. The predicted molar refractivity (Wildman–Crippen MR) is 90.4 cm³/mol. The van der Waals surface area contributed by atoms with Gasteiger partial charge in [0, 0.05) is 5.92 Å². The Morgan fingerprint density at radius 3 is 2.83 bits per heavy atom. The molecule has 2 aliphatic carbocycles. The van der Waals surface area contributed by atoms with Crippen molar-refractivity contribution in [3.05, 3.63) is 60.7 Å². The minimum atomic E-state index is 0.0207. The fraction of sp³-hybridized carbons (Fsp3) is 0.350. The normalized spacial score (nSPS) is 29.4. The van der Waals surface area contributed by atoms with Crippen LogP contribution >= 0.6 is 0 Å². The molecule has 4 unspecified atom stereocenters. The SMILES string of the molecule is C=CC1C(Cc2ccc(OC)c(O)c2)CC2C(=O)C=CC(=C)C21. The highest BCUT2D eigenvalue weighted by atomic mass is 16.5. The summed E-state index contributed by atoms with van der Waals surface area (Å²) in [6.45, 7) is 8.11. The van der Waals surface area contributed by atoms with Crippen LogP contribution < -0.4 is 4.74 Å². The van der Waals surface area contributed by atoms with Crippen molar-refractivity contribution in [1.29, 1.82) is 0 Å². The summed E-state index contributed by atoms with van der Waals surface area (Å²) in [7, 11) is 1.54. The highest BCUT2D eigenvalue weighted by Gasteiger charge is 2.46. The molecule has 3 rings (SSSR count). The van der Waals surface area contributed by atoms with E-state index in [1.54, 1.807) is 18.2 Å². The van der Waals surface area contributed by atoms with Gasteiger partial charge in [0.25, 0.3) is 0 Å². The molecule has 3 nitrogen and oxygen atoms in total. The van der Waals surface area contributed by atoms with Crippen molar-refractivity contribution in [2.24, 2.45) is 23.7 Å².